The summed E-state index contributed by atoms with van der Waals surface area (Å²) in [6.07, 6.45) is 92.2. The minimum absolute atomic E-state index is 0.00588. The molecule has 0 aromatic carbocycles. The SMILES string of the molecule is CC/C=C\C/C=C\C/C=C\C/C=C\C/C=C\C/C=C\C/C=C\C/C=C\C/C=C\C/C=C\CCCCC(=O)OC(COC(=O)CCCCCC/C=C\C/C=C\C/C=C\C/C=C\C/C=C\C/C=C\CC)COP(=O)(O)OCC[N+](C)(C)C. The van der Waals surface area contributed by atoms with Crippen molar-refractivity contribution >= 4 is 19.8 Å². The molecule has 10 heteroatoms. The Hall–Kier alpha value is -5.15. The van der Waals surface area contributed by atoms with Gasteiger partial charge < -0.3 is 18.9 Å². The third-order valence-corrected chi connectivity index (χ3v) is 12.6. The molecule has 0 aliphatic heterocycles. The summed E-state index contributed by atoms with van der Waals surface area (Å²) in [5, 5.41) is 0. The number of unbranched alkanes of at least 4 members (excludes halogenated alkanes) is 6. The molecule has 0 spiro atoms. The first-order chi connectivity index (χ1) is 39.0. The van der Waals surface area contributed by atoms with Crippen LogP contribution in [-0.4, -0.2) is 74.9 Å². The second-order valence-electron chi connectivity index (χ2n) is 20.3. The molecule has 0 aliphatic rings. The zero-order valence-corrected chi connectivity index (χ0v) is 51.4. The van der Waals surface area contributed by atoms with Gasteiger partial charge in [0.25, 0.3) is 0 Å². The second kappa shape index (κ2) is 58.5. The number of carbonyl (C=O) groups is 2. The van der Waals surface area contributed by atoms with E-state index >= 15 is 0 Å². The van der Waals surface area contributed by atoms with Gasteiger partial charge >= 0.3 is 19.8 Å². The fourth-order valence-corrected chi connectivity index (χ4v) is 7.79. The molecule has 9 nitrogen and oxygen atoms in total. The monoisotopic (exact) mass is 1120 g/mol. The first-order valence-corrected chi connectivity index (χ1v) is 31.7. The molecule has 0 rings (SSSR count). The number of ether oxygens (including phenoxy) is 2. The lowest BCUT2D eigenvalue weighted by Gasteiger charge is -2.24. The summed E-state index contributed by atoms with van der Waals surface area (Å²) in [5.41, 5.74) is 0. The van der Waals surface area contributed by atoms with Gasteiger partial charge in [0.15, 0.2) is 6.10 Å². The molecule has 0 bridgehead atoms. The number of rotatable bonds is 52. The molecular weight excluding hydrogens is 1010 g/mol. The van der Waals surface area contributed by atoms with Gasteiger partial charge in [0.2, 0.25) is 0 Å². The van der Waals surface area contributed by atoms with Gasteiger partial charge in [0.05, 0.1) is 27.7 Å². The maximum Gasteiger partial charge on any atom is 0.472 e. The smallest absolute Gasteiger partial charge is 0.462 e. The van der Waals surface area contributed by atoms with Crippen molar-refractivity contribution in [2.75, 3.05) is 47.5 Å². The number of quaternary nitrogens is 1. The standard InChI is InChI=1S/C70H108NO8P/c1-6-8-10-12-14-16-18-20-22-24-26-28-30-31-32-33-34-35-36-37-38-39-41-43-45-47-49-51-53-55-57-59-61-63-70(73)79-68(67-78-80(74,75)77-65-64-71(3,4)5)66-76-69(72)62-60-58-56-54-52-50-48-46-44-42-40-29-27-25-23-21-19-17-15-13-11-9-7-2/h8-11,14-17,20-23,26-29,31-32,34-35,37-38,41-44,47-50,53,55,68H,6-7,12-13,18-19,24-25,30,33,36,39-40,45-46,51-52,54,56-67H2,1-5H3/p+1/b10-8-,11-9-,16-14-,17-15-,22-20-,23-21-,28-26-,29-27-,32-31-,35-34-,38-37-,43-41-,44-42-,49-47-,50-48-,55-53-. The summed E-state index contributed by atoms with van der Waals surface area (Å²) in [6.45, 7) is 4.08. The highest BCUT2D eigenvalue weighted by molar-refractivity contribution is 7.47. The summed E-state index contributed by atoms with van der Waals surface area (Å²) < 4.78 is 34.5. The third kappa shape index (κ3) is 62.1. The van der Waals surface area contributed by atoms with Crippen LogP contribution in [0.25, 0.3) is 0 Å². The van der Waals surface area contributed by atoms with Crippen LogP contribution in [0.3, 0.4) is 0 Å². The number of hydrogen-bond acceptors (Lipinski definition) is 7. The van der Waals surface area contributed by atoms with Crippen molar-refractivity contribution in [1.82, 2.24) is 0 Å². The average Bonchev–Trinajstić information content (AvgIpc) is 3.42. The quantitative estimate of drug-likeness (QED) is 0.0211. The first kappa shape index (κ1) is 74.8. The van der Waals surface area contributed by atoms with E-state index in [-0.39, 0.29) is 26.1 Å². The highest BCUT2D eigenvalue weighted by Crippen LogP contribution is 2.43. The fourth-order valence-electron chi connectivity index (χ4n) is 7.04. The number of allylic oxidation sites excluding steroid dienone is 32. The van der Waals surface area contributed by atoms with Crippen molar-refractivity contribution in [2.24, 2.45) is 0 Å². The van der Waals surface area contributed by atoms with E-state index in [1.165, 1.54) is 0 Å². The Morgan fingerprint density at radius 3 is 1.01 bits per heavy atom. The van der Waals surface area contributed by atoms with Crippen molar-refractivity contribution in [1.29, 1.82) is 0 Å². The van der Waals surface area contributed by atoms with Crippen molar-refractivity contribution in [3.63, 3.8) is 0 Å². The number of likely N-dealkylation sites (N-methyl/N-ethyl adjacent to an activating group) is 1. The number of hydrogen-bond donors (Lipinski definition) is 1. The summed E-state index contributed by atoms with van der Waals surface area (Å²) in [6, 6.07) is 0. The van der Waals surface area contributed by atoms with Crippen LogP contribution in [0.4, 0.5) is 0 Å². The van der Waals surface area contributed by atoms with Gasteiger partial charge in [-0.3, -0.25) is 18.6 Å². The molecule has 0 saturated carbocycles. The lowest BCUT2D eigenvalue weighted by atomic mass is 10.1. The van der Waals surface area contributed by atoms with E-state index < -0.39 is 32.5 Å². The molecule has 0 fully saturated rings. The largest absolute Gasteiger partial charge is 0.472 e. The molecule has 2 atom stereocenters. The molecule has 0 radical (unpaired) electrons. The van der Waals surface area contributed by atoms with Crippen LogP contribution in [0.5, 0.6) is 0 Å². The Labute approximate surface area is 488 Å². The van der Waals surface area contributed by atoms with E-state index in [1.807, 2.05) is 21.1 Å². The zero-order valence-electron chi connectivity index (χ0n) is 50.5. The van der Waals surface area contributed by atoms with Gasteiger partial charge in [0.1, 0.15) is 19.8 Å². The molecule has 0 amide bonds. The van der Waals surface area contributed by atoms with Crippen molar-refractivity contribution in [3.05, 3.63) is 194 Å². The molecule has 0 aromatic heterocycles. The fraction of sp³-hybridized carbons (Fsp3) is 0.514. The predicted octanol–water partition coefficient (Wildman–Crippen LogP) is 19.4. The number of carbonyl (C=O) groups excluding carboxylic acids is 2. The number of phosphoric acid groups is 1. The zero-order chi connectivity index (χ0) is 58.4. The molecule has 446 valence electrons. The summed E-state index contributed by atoms with van der Waals surface area (Å²) in [7, 11) is 1.40. The Morgan fingerprint density at radius 1 is 0.388 bits per heavy atom. The highest BCUT2D eigenvalue weighted by Gasteiger charge is 2.27. The van der Waals surface area contributed by atoms with Crippen LogP contribution in [0, 0.1) is 0 Å². The Balaban J connectivity index is 4.37. The van der Waals surface area contributed by atoms with E-state index in [9.17, 15) is 19.0 Å². The number of esters is 2. The van der Waals surface area contributed by atoms with Gasteiger partial charge in [-0.15, -0.1) is 0 Å². The molecule has 0 aliphatic carbocycles. The van der Waals surface area contributed by atoms with Crippen molar-refractivity contribution in [3.8, 4) is 0 Å². The minimum Gasteiger partial charge on any atom is -0.462 e. The lowest BCUT2D eigenvalue weighted by Crippen LogP contribution is -2.37. The molecule has 0 heterocycles. The van der Waals surface area contributed by atoms with E-state index in [0.29, 0.717) is 23.9 Å². The number of nitrogens with zero attached hydrogens (tertiary/aromatic N) is 1. The topological polar surface area (TPSA) is 108 Å². The normalized spacial score (nSPS) is 14.6. The van der Waals surface area contributed by atoms with Crippen molar-refractivity contribution < 1.29 is 42.1 Å². The van der Waals surface area contributed by atoms with Crippen LogP contribution in [0.15, 0.2) is 194 Å². The van der Waals surface area contributed by atoms with Gasteiger partial charge in [-0.1, -0.05) is 221 Å². The van der Waals surface area contributed by atoms with E-state index in [0.717, 1.165) is 141 Å². The lowest BCUT2D eigenvalue weighted by molar-refractivity contribution is -0.870. The Bertz CT molecular complexity index is 2050. The van der Waals surface area contributed by atoms with Gasteiger partial charge in [0, 0.05) is 12.8 Å². The van der Waals surface area contributed by atoms with Gasteiger partial charge in [-0.05, 0) is 141 Å². The van der Waals surface area contributed by atoms with Crippen molar-refractivity contribution in [2.45, 2.75) is 187 Å². The van der Waals surface area contributed by atoms with E-state index in [1.54, 1.807) is 0 Å². The Kier molecular flexibility index (Phi) is 54.7. The summed E-state index contributed by atoms with van der Waals surface area (Å²) >= 11 is 0. The van der Waals surface area contributed by atoms with Crippen LogP contribution in [-0.2, 0) is 32.7 Å². The minimum atomic E-state index is -4.42. The third-order valence-electron chi connectivity index (χ3n) is 11.6. The maximum atomic E-state index is 12.8. The highest BCUT2D eigenvalue weighted by atomic mass is 31.2. The molecule has 0 aromatic rings. The van der Waals surface area contributed by atoms with Crippen LogP contribution >= 0.6 is 7.82 Å². The van der Waals surface area contributed by atoms with E-state index in [4.69, 9.17) is 18.5 Å². The molecule has 1 N–H and O–H groups in total. The average molecular weight is 1120 g/mol. The van der Waals surface area contributed by atoms with Gasteiger partial charge in [-0.2, -0.15) is 0 Å². The van der Waals surface area contributed by atoms with Crippen LogP contribution in [0.2, 0.25) is 0 Å². The second-order valence-corrected chi connectivity index (χ2v) is 21.7. The van der Waals surface area contributed by atoms with Gasteiger partial charge in [-0.25, -0.2) is 4.57 Å². The maximum absolute atomic E-state index is 12.8. The predicted molar refractivity (Wildman–Crippen MR) is 343 cm³/mol. The summed E-state index contributed by atoms with van der Waals surface area (Å²) in [5.74, 6) is -0.899. The first-order valence-electron chi connectivity index (χ1n) is 30.2. The Morgan fingerprint density at radius 2 is 0.675 bits per heavy atom. The van der Waals surface area contributed by atoms with Crippen LogP contribution < -0.4 is 0 Å². The van der Waals surface area contributed by atoms with Crippen LogP contribution in [0.1, 0.15) is 181 Å². The summed E-state index contributed by atoms with van der Waals surface area (Å²) in [4.78, 5) is 35.7. The molecule has 80 heavy (non-hydrogen) atoms. The molecule has 2 unspecified atom stereocenters. The molecular formula is C70H109NO8P+. The number of phosphoric ester groups is 1. The molecule has 0 saturated heterocycles. The van der Waals surface area contributed by atoms with E-state index in [2.05, 4.69) is 208 Å².